The average Bonchev–Trinajstić information content (AvgIpc) is 2.64. The molecule has 1 fully saturated rings. The fourth-order valence-corrected chi connectivity index (χ4v) is 2.58. The monoisotopic (exact) mass is 326 g/mol. The van der Waals surface area contributed by atoms with Gasteiger partial charge in [0.2, 0.25) is 0 Å². The molecular weight excluding hydrogens is 304 g/mol. The van der Waals surface area contributed by atoms with Gasteiger partial charge in [-0.15, -0.1) is 0 Å². The lowest BCUT2D eigenvalue weighted by molar-refractivity contribution is 0.0383. The van der Waals surface area contributed by atoms with Crippen LogP contribution in [-0.4, -0.2) is 55.2 Å². The molecule has 2 heterocycles. The summed E-state index contributed by atoms with van der Waals surface area (Å²) >= 11 is 0. The molecule has 0 atom stereocenters. The molecule has 0 aliphatic carbocycles. The lowest BCUT2D eigenvalue weighted by Gasteiger charge is -2.26. The van der Waals surface area contributed by atoms with Crippen molar-refractivity contribution in [1.29, 1.82) is 0 Å². The van der Waals surface area contributed by atoms with Crippen LogP contribution in [0.1, 0.15) is 10.4 Å². The highest BCUT2D eigenvalue weighted by Gasteiger charge is 2.11. The first kappa shape index (κ1) is 16.4. The number of aromatic nitrogens is 1. The first-order chi connectivity index (χ1) is 11.8. The summed E-state index contributed by atoms with van der Waals surface area (Å²) in [6.45, 7) is 4.84. The zero-order chi connectivity index (χ0) is 16.6. The summed E-state index contributed by atoms with van der Waals surface area (Å²) in [7, 11) is 0. The van der Waals surface area contributed by atoms with Gasteiger partial charge in [-0.25, -0.2) is 0 Å². The van der Waals surface area contributed by atoms with E-state index in [1.807, 2.05) is 36.4 Å². The second-order valence-electron chi connectivity index (χ2n) is 5.66. The van der Waals surface area contributed by atoms with Crippen LogP contribution in [0.15, 0.2) is 48.8 Å². The van der Waals surface area contributed by atoms with E-state index >= 15 is 0 Å². The van der Waals surface area contributed by atoms with Gasteiger partial charge in [-0.1, -0.05) is 18.2 Å². The minimum Gasteiger partial charge on any atom is -0.379 e. The van der Waals surface area contributed by atoms with E-state index in [4.69, 9.17) is 4.74 Å². The van der Waals surface area contributed by atoms with Crippen LogP contribution in [-0.2, 0) is 4.74 Å². The van der Waals surface area contributed by atoms with E-state index in [0.29, 0.717) is 12.1 Å². The van der Waals surface area contributed by atoms with Gasteiger partial charge in [-0.05, 0) is 18.2 Å². The Morgan fingerprint density at radius 3 is 2.71 bits per heavy atom. The van der Waals surface area contributed by atoms with Crippen molar-refractivity contribution < 1.29 is 9.53 Å². The maximum atomic E-state index is 12.3. The molecular formula is C18H22N4O2. The van der Waals surface area contributed by atoms with E-state index in [1.165, 1.54) is 0 Å². The Morgan fingerprint density at radius 2 is 1.92 bits per heavy atom. The molecule has 1 aromatic carbocycles. The zero-order valence-electron chi connectivity index (χ0n) is 13.6. The topological polar surface area (TPSA) is 66.5 Å². The Bertz CT molecular complexity index is 657. The summed E-state index contributed by atoms with van der Waals surface area (Å²) in [5.41, 5.74) is 2.31. The largest absolute Gasteiger partial charge is 0.379 e. The number of para-hydroxylation sites is 1. The predicted octanol–water partition coefficient (Wildman–Crippen LogP) is 1.89. The molecule has 126 valence electrons. The van der Waals surface area contributed by atoms with Crippen LogP contribution in [0.2, 0.25) is 0 Å². The maximum Gasteiger partial charge on any atom is 0.252 e. The van der Waals surface area contributed by atoms with E-state index < -0.39 is 0 Å². The Kier molecular flexibility index (Phi) is 5.76. The number of hydrogen-bond donors (Lipinski definition) is 2. The number of nitrogens with zero attached hydrogens (tertiary/aromatic N) is 2. The Hall–Kier alpha value is -2.44. The van der Waals surface area contributed by atoms with Crippen molar-refractivity contribution in [2.75, 3.05) is 44.7 Å². The highest BCUT2D eigenvalue weighted by Crippen LogP contribution is 2.16. The molecule has 1 aromatic heterocycles. The Labute approximate surface area is 141 Å². The molecule has 1 aliphatic rings. The van der Waals surface area contributed by atoms with Gasteiger partial charge in [0.25, 0.3) is 5.91 Å². The van der Waals surface area contributed by atoms with Crippen LogP contribution >= 0.6 is 0 Å². The van der Waals surface area contributed by atoms with E-state index in [0.717, 1.165) is 44.2 Å². The Morgan fingerprint density at radius 1 is 1.12 bits per heavy atom. The maximum absolute atomic E-state index is 12.3. The SMILES string of the molecule is O=C(NCCN1CCOCC1)c1cncc(Nc2ccccc2)c1. The number of ether oxygens (including phenoxy) is 1. The van der Waals surface area contributed by atoms with Gasteiger partial charge >= 0.3 is 0 Å². The standard InChI is InChI=1S/C18H22N4O2/c23-18(20-6-7-22-8-10-24-11-9-22)15-12-17(14-19-13-15)21-16-4-2-1-3-5-16/h1-5,12-14,21H,6-11H2,(H,20,23). The van der Waals surface area contributed by atoms with E-state index in [-0.39, 0.29) is 5.91 Å². The number of carbonyl (C=O) groups excluding carboxylic acids is 1. The number of pyridine rings is 1. The van der Waals surface area contributed by atoms with Crippen molar-refractivity contribution in [2.45, 2.75) is 0 Å². The van der Waals surface area contributed by atoms with Crippen LogP contribution in [0.5, 0.6) is 0 Å². The number of anilines is 2. The Balaban J connectivity index is 1.52. The van der Waals surface area contributed by atoms with Crippen LogP contribution in [0.4, 0.5) is 11.4 Å². The molecule has 1 aliphatic heterocycles. The number of rotatable bonds is 6. The van der Waals surface area contributed by atoms with E-state index in [1.54, 1.807) is 12.4 Å². The molecule has 6 nitrogen and oxygen atoms in total. The first-order valence-electron chi connectivity index (χ1n) is 8.17. The molecule has 1 saturated heterocycles. The number of hydrogen-bond acceptors (Lipinski definition) is 5. The molecule has 3 rings (SSSR count). The van der Waals surface area contributed by atoms with Gasteiger partial charge < -0.3 is 15.4 Å². The van der Waals surface area contributed by atoms with Crippen LogP contribution in [0.3, 0.4) is 0 Å². The van der Waals surface area contributed by atoms with Gasteiger partial charge in [0.1, 0.15) is 0 Å². The summed E-state index contributed by atoms with van der Waals surface area (Å²) < 4.78 is 5.31. The molecule has 24 heavy (non-hydrogen) atoms. The van der Waals surface area contributed by atoms with Gasteiger partial charge in [-0.3, -0.25) is 14.7 Å². The van der Waals surface area contributed by atoms with Crippen LogP contribution in [0.25, 0.3) is 0 Å². The van der Waals surface area contributed by atoms with Crippen molar-refractivity contribution in [2.24, 2.45) is 0 Å². The molecule has 0 unspecified atom stereocenters. The first-order valence-corrected chi connectivity index (χ1v) is 8.17. The molecule has 0 bridgehead atoms. The number of benzene rings is 1. The third kappa shape index (κ3) is 4.78. The number of amides is 1. The van der Waals surface area contributed by atoms with Gasteiger partial charge in [0.15, 0.2) is 0 Å². The zero-order valence-corrected chi connectivity index (χ0v) is 13.6. The smallest absolute Gasteiger partial charge is 0.252 e. The molecule has 2 N–H and O–H groups in total. The molecule has 6 heteroatoms. The highest BCUT2D eigenvalue weighted by atomic mass is 16.5. The normalized spacial score (nSPS) is 15.0. The predicted molar refractivity (Wildman–Crippen MR) is 93.6 cm³/mol. The lowest BCUT2D eigenvalue weighted by atomic mass is 10.2. The number of carbonyl (C=O) groups is 1. The minimum absolute atomic E-state index is 0.104. The summed E-state index contributed by atoms with van der Waals surface area (Å²) in [4.78, 5) is 18.7. The van der Waals surface area contributed by atoms with Crippen molar-refractivity contribution in [3.05, 3.63) is 54.4 Å². The summed E-state index contributed by atoms with van der Waals surface area (Å²) in [6.07, 6.45) is 3.29. The third-order valence-corrected chi connectivity index (χ3v) is 3.88. The fourth-order valence-electron chi connectivity index (χ4n) is 2.58. The molecule has 2 aromatic rings. The quantitative estimate of drug-likeness (QED) is 0.848. The summed E-state index contributed by atoms with van der Waals surface area (Å²) in [5, 5.41) is 6.19. The molecule has 1 amide bonds. The van der Waals surface area contributed by atoms with Gasteiger partial charge in [0.05, 0.1) is 30.7 Å². The second kappa shape index (κ2) is 8.42. The van der Waals surface area contributed by atoms with Gasteiger partial charge in [0, 0.05) is 38.1 Å². The fraction of sp³-hybridized carbons (Fsp3) is 0.333. The molecule has 0 spiro atoms. The minimum atomic E-state index is -0.104. The molecule has 0 saturated carbocycles. The number of nitrogens with one attached hydrogen (secondary N) is 2. The van der Waals surface area contributed by atoms with Crippen molar-refractivity contribution in [3.8, 4) is 0 Å². The number of morpholine rings is 1. The van der Waals surface area contributed by atoms with Gasteiger partial charge in [-0.2, -0.15) is 0 Å². The van der Waals surface area contributed by atoms with Crippen molar-refractivity contribution in [3.63, 3.8) is 0 Å². The van der Waals surface area contributed by atoms with Crippen LogP contribution in [0, 0.1) is 0 Å². The van der Waals surface area contributed by atoms with E-state index in [2.05, 4.69) is 20.5 Å². The molecule has 0 radical (unpaired) electrons. The second-order valence-corrected chi connectivity index (χ2v) is 5.66. The van der Waals surface area contributed by atoms with Crippen molar-refractivity contribution in [1.82, 2.24) is 15.2 Å². The summed E-state index contributed by atoms with van der Waals surface area (Å²) in [5.74, 6) is -0.104. The summed E-state index contributed by atoms with van der Waals surface area (Å²) in [6, 6.07) is 11.6. The van der Waals surface area contributed by atoms with Crippen LogP contribution < -0.4 is 10.6 Å². The average molecular weight is 326 g/mol. The van der Waals surface area contributed by atoms with Crippen molar-refractivity contribution >= 4 is 17.3 Å². The van der Waals surface area contributed by atoms with E-state index in [9.17, 15) is 4.79 Å². The highest BCUT2D eigenvalue weighted by molar-refractivity contribution is 5.94. The third-order valence-electron chi connectivity index (χ3n) is 3.88. The lowest BCUT2D eigenvalue weighted by Crippen LogP contribution is -2.41.